The van der Waals surface area contributed by atoms with E-state index in [1.807, 2.05) is 6.92 Å². The quantitative estimate of drug-likeness (QED) is 0.0731. The lowest BCUT2D eigenvalue weighted by Gasteiger charge is -2.24. The van der Waals surface area contributed by atoms with Gasteiger partial charge in [-0.15, -0.1) is 0 Å². The van der Waals surface area contributed by atoms with Crippen LogP contribution >= 0.6 is 0 Å². The van der Waals surface area contributed by atoms with Crippen molar-refractivity contribution in [3.63, 3.8) is 0 Å². The topological polar surface area (TPSA) is 83.8 Å². The van der Waals surface area contributed by atoms with Gasteiger partial charge in [0, 0.05) is 12.3 Å². The van der Waals surface area contributed by atoms with Gasteiger partial charge in [-0.2, -0.15) is 0 Å². The molecule has 0 rings (SSSR count). The Labute approximate surface area is 235 Å². The summed E-state index contributed by atoms with van der Waals surface area (Å²) < 4.78 is 5.37. The fourth-order valence-electron chi connectivity index (χ4n) is 5.20. The van der Waals surface area contributed by atoms with Crippen LogP contribution in [0.2, 0.25) is 0 Å². The number of carbonyl (C=O) groups excluding carboxylic acids is 2. The molecule has 2 N–H and O–H groups in total. The van der Waals surface area contributed by atoms with Crippen LogP contribution in [0, 0.1) is 5.92 Å². The number of carbonyl (C=O) groups is 2. The number of hydrogen-bond donors (Lipinski definition) is 2. The third kappa shape index (κ3) is 21.0. The van der Waals surface area contributed by atoms with Crippen LogP contribution in [-0.4, -0.2) is 40.8 Å². The van der Waals surface area contributed by atoms with Gasteiger partial charge >= 0.3 is 5.97 Å². The maximum atomic E-state index is 12.8. The second-order valence-electron chi connectivity index (χ2n) is 11.4. The summed E-state index contributed by atoms with van der Waals surface area (Å²) in [5.74, 6) is -0.957. The van der Waals surface area contributed by atoms with E-state index in [0.717, 1.165) is 38.5 Å². The summed E-state index contributed by atoms with van der Waals surface area (Å²) in [6.45, 7) is 5.68. The Morgan fingerprint density at radius 1 is 0.605 bits per heavy atom. The van der Waals surface area contributed by atoms with E-state index in [4.69, 9.17) is 4.74 Å². The van der Waals surface area contributed by atoms with Crippen LogP contribution in [0.4, 0.5) is 0 Å². The predicted molar refractivity (Wildman–Crippen MR) is 159 cm³/mol. The first-order valence-corrected chi connectivity index (χ1v) is 16.5. The van der Waals surface area contributed by atoms with Gasteiger partial charge in [0.05, 0.1) is 6.61 Å². The second kappa shape index (κ2) is 27.6. The lowest BCUT2D eigenvalue weighted by atomic mass is 9.90. The van der Waals surface area contributed by atoms with Crippen LogP contribution in [0.25, 0.3) is 0 Å². The highest BCUT2D eigenvalue weighted by Gasteiger charge is 2.34. The van der Waals surface area contributed by atoms with Gasteiger partial charge in [0.15, 0.2) is 11.9 Å². The van der Waals surface area contributed by atoms with Crippen LogP contribution in [0.1, 0.15) is 175 Å². The molecule has 0 aromatic heterocycles. The monoisotopic (exact) mass is 540 g/mol. The number of ketones is 1. The van der Waals surface area contributed by atoms with E-state index in [-0.39, 0.29) is 18.1 Å². The van der Waals surface area contributed by atoms with Crippen molar-refractivity contribution in [1.29, 1.82) is 0 Å². The highest BCUT2D eigenvalue weighted by molar-refractivity contribution is 5.88. The molecular formula is C33H64O5. The van der Waals surface area contributed by atoms with Crippen molar-refractivity contribution in [3.05, 3.63) is 0 Å². The third-order valence-corrected chi connectivity index (χ3v) is 7.86. The zero-order valence-electron chi connectivity index (χ0n) is 25.5. The third-order valence-electron chi connectivity index (χ3n) is 7.86. The van der Waals surface area contributed by atoms with E-state index < -0.39 is 24.8 Å². The summed E-state index contributed by atoms with van der Waals surface area (Å²) in [7, 11) is 0. The molecule has 3 unspecified atom stereocenters. The van der Waals surface area contributed by atoms with Crippen molar-refractivity contribution in [2.45, 2.75) is 187 Å². The number of esters is 1. The molecule has 0 aromatic carbocycles. The van der Waals surface area contributed by atoms with E-state index in [0.29, 0.717) is 6.42 Å². The van der Waals surface area contributed by atoms with E-state index in [1.165, 1.54) is 103 Å². The maximum absolute atomic E-state index is 12.8. The molecular weight excluding hydrogens is 476 g/mol. The minimum Gasteiger partial charge on any atom is -0.451 e. The largest absolute Gasteiger partial charge is 0.451 e. The first-order valence-electron chi connectivity index (χ1n) is 16.5. The van der Waals surface area contributed by atoms with Crippen molar-refractivity contribution in [1.82, 2.24) is 0 Å². The summed E-state index contributed by atoms with van der Waals surface area (Å²) in [6.07, 6.45) is 25.7. The Morgan fingerprint density at radius 2 is 1.00 bits per heavy atom. The molecule has 0 radical (unpaired) electrons. The van der Waals surface area contributed by atoms with Crippen molar-refractivity contribution < 1.29 is 24.5 Å². The van der Waals surface area contributed by atoms with Gasteiger partial charge in [-0.05, 0) is 19.3 Å². The first-order chi connectivity index (χ1) is 18.5. The summed E-state index contributed by atoms with van der Waals surface area (Å²) >= 11 is 0. The summed E-state index contributed by atoms with van der Waals surface area (Å²) in [6, 6.07) is 0. The molecule has 0 saturated heterocycles. The van der Waals surface area contributed by atoms with Gasteiger partial charge in [0.25, 0.3) is 0 Å². The van der Waals surface area contributed by atoms with Gasteiger partial charge in [0.2, 0.25) is 0 Å². The fourth-order valence-corrected chi connectivity index (χ4v) is 5.20. The summed E-state index contributed by atoms with van der Waals surface area (Å²) in [5.41, 5.74) is 0. The van der Waals surface area contributed by atoms with E-state index in [9.17, 15) is 19.8 Å². The number of hydrogen-bond acceptors (Lipinski definition) is 5. The van der Waals surface area contributed by atoms with Gasteiger partial charge < -0.3 is 14.9 Å². The molecule has 226 valence electrons. The van der Waals surface area contributed by atoms with E-state index in [1.54, 1.807) is 0 Å². The summed E-state index contributed by atoms with van der Waals surface area (Å²) in [4.78, 5) is 25.1. The van der Waals surface area contributed by atoms with Crippen LogP contribution < -0.4 is 0 Å². The van der Waals surface area contributed by atoms with Gasteiger partial charge in [-0.3, -0.25) is 9.59 Å². The average molecular weight is 541 g/mol. The molecule has 5 nitrogen and oxygen atoms in total. The molecule has 5 heteroatoms. The Kier molecular flexibility index (Phi) is 26.9. The van der Waals surface area contributed by atoms with Crippen molar-refractivity contribution in [2.24, 2.45) is 5.92 Å². The molecule has 0 aliphatic carbocycles. The number of aliphatic hydroxyl groups excluding tert-OH is 2. The molecule has 0 aromatic rings. The fraction of sp³-hybridized carbons (Fsp3) is 0.939. The van der Waals surface area contributed by atoms with Crippen molar-refractivity contribution >= 4 is 11.8 Å². The van der Waals surface area contributed by atoms with E-state index >= 15 is 0 Å². The van der Waals surface area contributed by atoms with Gasteiger partial charge in [-0.1, -0.05) is 149 Å². The molecule has 0 spiro atoms. The Bertz CT molecular complexity index is 535. The minimum absolute atomic E-state index is 0.246. The highest BCUT2D eigenvalue weighted by atomic mass is 16.6. The second-order valence-corrected chi connectivity index (χ2v) is 11.4. The zero-order chi connectivity index (χ0) is 28.3. The number of aliphatic hydroxyl groups is 2. The number of ether oxygens (including phenoxy) is 1. The molecule has 38 heavy (non-hydrogen) atoms. The molecule has 0 fully saturated rings. The Morgan fingerprint density at radius 3 is 1.37 bits per heavy atom. The van der Waals surface area contributed by atoms with Crippen molar-refractivity contribution in [2.75, 3.05) is 6.61 Å². The lowest BCUT2D eigenvalue weighted by molar-refractivity contribution is -0.165. The summed E-state index contributed by atoms with van der Waals surface area (Å²) in [5, 5.41) is 19.4. The number of rotatable bonds is 29. The molecule has 0 bridgehead atoms. The SMILES string of the molecule is CCCCCCCCCCCCCCCCCCCCCC(=O)OC(C(=O)C(CC)CCCC)C(O)CO. The average Bonchev–Trinajstić information content (AvgIpc) is 2.92. The standard InChI is InChI=1S/C33H64O5/c1-4-7-9-10-11-12-13-14-15-16-17-18-19-20-21-22-23-24-25-27-31(36)38-33(30(35)28-34)32(37)29(6-3)26-8-5-2/h29-30,33-35H,4-28H2,1-3H3. The highest BCUT2D eigenvalue weighted by Crippen LogP contribution is 2.20. The maximum Gasteiger partial charge on any atom is 0.306 e. The van der Waals surface area contributed by atoms with Crippen LogP contribution in [-0.2, 0) is 14.3 Å². The first kappa shape index (κ1) is 37.1. The van der Waals surface area contributed by atoms with E-state index in [2.05, 4.69) is 13.8 Å². The molecule has 0 aliphatic heterocycles. The molecule has 3 atom stereocenters. The van der Waals surface area contributed by atoms with Crippen LogP contribution in [0.3, 0.4) is 0 Å². The van der Waals surface area contributed by atoms with Crippen molar-refractivity contribution in [3.8, 4) is 0 Å². The smallest absolute Gasteiger partial charge is 0.306 e. The molecule has 0 saturated carbocycles. The number of Topliss-reactive ketones (excluding diaryl/α,β-unsaturated/α-hetero) is 1. The molecule has 0 amide bonds. The van der Waals surface area contributed by atoms with Gasteiger partial charge in [-0.25, -0.2) is 0 Å². The lowest BCUT2D eigenvalue weighted by Crippen LogP contribution is -2.43. The van der Waals surface area contributed by atoms with Gasteiger partial charge in [0.1, 0.15) is 6.10 Å². The predicted octanol–water partition coefficient (Wildman–Crippen LogP) is 8.86. The van der Waals surface area contributed by atoms with Crippen LogP contribution in [0.5, 0.6) is 0 Å². The molecule has 0 aliphatic rings. The zero-order valence-corrected chi connectivity index (χ0v) is 25.5. The Hall–Kier alpha value is -0.940. The Balaban J connectivity index is 3.74. The number of unbranched alkanes of at least 4 members (excludes halogenated alkanes) is 19. The van der Waals surface area contributed by atoms with Crippen LogP contribution in [0.15, 0.2) is 0 Å². The normalized spacial score (nSPS) is 13.8. The molecule has 0 heterocycles. The minimum atomic E-state index is -1.35.